The van der Waals surface area contributed by atoms with Gasteiger partial charge in [0.15, 0.2) is 15.5 Å². The number of aromatic amines is 1. The van der Waals surface area contributed by atoms with Gasteiger partial charge in [-0.15, -0.1) is 10.2 Å². The molecule has 1 aliphatic heterocycles. The quantitative estimate of drug-likeness (QED) is 0.209. The van der Waals surface area contributed by atoms with Crippen LogP contribution in [-0.4, -0.2) is 73.8 Å². The maximum atomic E-state index is 13.1. The lowest BCUT2D eigenvalue weighted by molar-refractivity contribution is 0.493. The van der Waals surface area contributed by atoms with Gasteiger partial charge < -0.3 is 8.75 Å². The maximum Gasteiger partial charge on any atom is 0.240 e. The Kier molecular flexibility index (Phi) is 6.42. The highest BCUT2D eigenvalue weighted by atomic mass is 127. The molecule has 5 rings (SSSR count). The number of rotatable bonds is 5. The van der Waals surface area contributed by atoms with Crippen LogP contribution in [0.4, 0.5) is 0 Å². The summed E-state index contributed by atoms with van der Waals surface area (Å²) in [6.07, 6.45) is 3.00. The van der Waals surface area contributed by atoms with Crippen molar-refractivity contribution < 1.29 is 20.3 Å². The van der Waals surface area contributed by atoms with Gasteiger partial charge in [0.1, 0.15) is 34.2 Å². The van der Waals surface area contributed by atoms with E-state index in [0.717, 1.165) is 23.0 Å². The van der Waals surface area contributed by atoms with Gasteiger partial charge in [-0.25, -0.2) is 31.5 Å². The highest BCUT2D eigenvalue weighted by Crippen LogP contribution is 2.39. The molecule has 0 atom stereocenters. The standard InChI is InChI=1S/C16H15N9O4S2.HIO/c17-31(28,29)15-12(30(26,27)10-5-18-6-10)3-2-11(14(15)16-21-23-24-22-16)9-1-4-13-19-8-20-25(13)7-9;1-2/h1-4,7-8,10,18H,5-6H2,(H2,17,28,29)(H,21,22,23,24);2H. The monoisotopic (exact) mass is 605 g/mol. The van der Waals surface area contributed by atoms with E-state index in [0.29, 0.717) is 16.8 Å². The molecule has 17 heteroatoms. The Hall–Kier alpha value is -2.58. The maximum absolute atomic E-state index is 13.1. The van der Waals surface area contributed by atoms with Crippen molar-refractivity contribution in [2.24, 2.45) is 5.14 Å². The molecule has 5 N–H and O–H groups in total. The number of hydrogen-bond donors (Lipinski definition) is 4. The first-order chi connectivity index (χ1) is 15.8. The van der Waals surface area contributed by atoms with Crippen LogP contribution in [0.1, 0.15) is 0 Å². The second-order valence-electron chi connectivity index (χ2n) is 6.90. The van der Waals surface area contributed by atoms with Crippen LogP contribution in [0.2, 0.25) is 0 Å². The van der Waals surface area contributed by atoms with Gasteiger partial charge in [0, 0.05) is 24.8 Å². The molecule has 0 saturated carbocycles. The number of fused-ring (bicyclic) bond motifs is 1. The first-order valence-corrected chi connectivity index (χ1v) is 13.2. The van der Waals surface area contributed by atoms with Crippen molar-refractivity contribution in [1.29, 1.82) is 0 Å². The van der Waals surface area contributed by atoms with Crippen LogP contribution in [0.5, 0.6) is 0 Å². The molecule has 0 bridgehead atoms. The number of aromatic nitrogens is 7. The SMILES string of the molecule is NS(=O)(=O)c1c(S(=O)(=O)C2CNC2)ccc(-c2ccc3ncnn3c2)c1-c1nn[nH]n1.OI. The zero-order valence-corrected chi connectivity index (χ0v) is 20.3. The predicted octanol–water partition coefficient (Wildman–Crippen LogP) is -0.702. The number of halogens is 1. The molecule has 0 unspecified atom stereocenters. The van der Waals surface area contributed by atoms with E-state index in [4.69, 9.17) is 8.57 Å². The summed E-state index contributed by atoms with van der Waals surface area (Å²) in [6, 6.07) is 6.12. The van der Waals surface area contributed by atoms with Gasteiger partial charge in [0.2, 0.25) is 15.8 Å². The molecule has 0 amide bonds. The highest BCUT2D eigenvalue weighted by Gasteiger charge is 2.38. The molecular formula is C16H16IN9O5S2. The minimum Gasteiger partial charge on any atom is -0.331 e. The van der Waals surface area contributed by atoms with Gasteiger partial charge in [-0.2, -0.15) is 10.3 Å². The lowest BCUT2D eigenvalue weighted by Gasteiger charge is -2.28. The molecule has 0 radical (unpaired) electrons. The smallest absolute Gasteiger partial charge is 0.240 e. The number of nitrogens with one attached hydrogen (secondary N) is 2. The van der Waals surface area contributed by atoms with E-state index in [2.05, 4.69) is 36.0 Å². The molecule has 1 aliphatic rings. The minimum absolute atomic E-state index is 0.0657. The molecule has 1 fully saturated rings. The molecule has 33 heavy (non-hydrogen) atoms. The van der Waals surface area contributed by atoms with Crippen molar-refractivity contribution in [3.05, 3.63) is 36.8 Å². The number of nitrogens with zero attached hydrogens (tertiary/aromatic N) is 6. The largest absolute Gasteiger partial charge is 0.331 e. The third-order valence-corrected chi connectivity index (χ3v) is 8.34. The van der Waals surface area contributed by atoms with Crippen molar-refractivity contribution in [3.63, 3.8) is 0 Å². The first kappa shape index (κ1) is 23.6. The molecule has 174 valence electrons. The van der Waals surface area contributed by atoms with E-state index in [1.165, 1.54) is 23.0 Å². The fourth-order valence-corrected chi connectivity index (χ4v) is 6.62. The van der Waals surface area contributed by atoms with E-state index in [-0.39, 0.29) is 24.5 Å². The summed E-state index contributed by atoms with van der Waals surface area (Å²) in [4.78, 5) is 3.11. The topological polar surface area (TPSA) is 211 Å². The number of primary sulfonamides is 1. The normalized spacial score (nSPS) is 14.5. The lowest BCUT2D eigenvalue weighted by atomic mass is 10.0. The third kappa shape index (κ3) is 4.22. The Labute approximate surface area is 201 Å². The Morgan fingerprint density at radius 3 is 2.48 bits per heavy atom. The molecule has 1 aromatic carbocycles. The van der Waals surface area contributed by atoms with E-state index < -0.39 is 34.9 Å². The van der Waals surface area contributed by atoms with Crippen LogP contribution in [0.25, 0.3) is 28.2 Å². The third-order valence-electron chi connectivity index (χ3n) is 5.05. The highest BCUT2D eigenvalue weighted by molar-refractivity contribution is 14.1. The van der Waals surface area contributed by atoms with Crippen LogP contribution in [0.3, 0.4) is 0 Å². The summed E-state index contributed by atoms with van der Waals surface area (Å²) >= 11 is 1.15. The Morgan fingerprint density at radius 2 is 1.88 bits per heavy atom. The van der Waals surface area contributed by atoms with E-state index in [1.807, 2.05) is 0 Å². The number of hydrogen-bond acceptors (Lipinski definition) is 11. The average Bonchev–Trinajstić information content (AvgIpc) is 3.43. The number of sulfone groups is 1. The van der Waals surface area contributed by atoms with Crippen LogP contribution in [0.15, 0.2) is 46.6 Å². The summed E-state index contributed by atoms with van der Waals surface area (Å²) in [7, 11) is -8.50. The molecule has 3 aromatic heterocycles. The van der Waals surface area contributed by atoms with E-state index in [1.54, 1.807) is 18.3 Å². The minimum atomic E-state index is -4.51. The molecule has 14 nitrogen and oxygen atoms in total. The molecule has 4 aromatic rings. The van der Waals surface area contributed by atoms with E-state index in [9.17, 15) is 16.8 Å². The summed E-state index contributed by atoms with van der Waals surface area (Å²) in [6.45, 7) is 0.434. The van der Waals surface area contributed by atoms with Gasteiger partial charge in [0.05, 0.1) is 15.7 Å². The molecule has 1 saturated heterocycles. The number of sulfonamides is 1. The predicted molar refractivity (Wildman–Crippen MR) is 123 cm³/mol. The molecule has 4 heterocycles. The number of benzene rings is 1. The van der Waals surface area contributed by atoms with Crippen molar-refractivity contribution in [2.75, 3.05) is 13.1 Å². The second-order valence-corrected chi connectivity index (χ2v) is 10.6. The van der Waals surface area contributed by atoms with Crippen molar-refractivity contribution in [2.45, 2.75) is 15.0 Å². The number of nitrogens with two attached hydrogens (primary N) is 1. The van der Waals surface area contributed by atoms with Crippen LogP contribution >= 0.6 is 23.0 Å². The summed E-state index contributed by atoms with van der Waals surface area (Å²) in [5.74, 6) is -0.110. The fourth-order valence-electron chi connectivity index (χ4n) is 3.44. The summed E-state index contributed by atoms with van der Waals surface area (Å²) in [5.41, 5.74) is 1.38. The van der Waals surface area contributed by atoms with Crippen LogP contribution in [-0.2, 0) is 19.9 Å². The fraction of sp³-hybridized carbons (Fsp3) is 0.188. The Bertz CT molecular complexity index is 1520. The number of tetrazole rings is 1. The summed E-state index contributed by atoms with van der Waals surface area (Å²) < 4.78 is 60.1. The van der Waals surface area contributed by atoms with Crippen molar-refractivity contribution in [1.82, 2.24) is 40.5 Å². The Morgan fingerprint density at radius 1 is 1.12 bits per heavy atom. The zero-order chi connectivity index (χ0) is 23.8. The van der Waals surface area contributed by atoms with Gasteiger partial charge in [-0.1, -0.05) is 6.07 Å². The molecular weight excluding hydrogens is 589 g/mol. The average molecular weight is 605 g/mol. The molecule has 0 aliphatic carbocycles. The Balaban J connectivity index is 0.00000126. The van der Waals surface area contributed by atoms with Gasteiger partial charge in [-0.3, -0.25) is 0 Å². The first-order valence-electron chi connectivity index (χ1n) is 9.12. The zero-order valence-electron chi connectivity index (χ0n) is 16.5. The van der Waals surface area contributed by atoms with Gasteiger partial charge >= 0.3 is 0 Å². The van der Waals surface area contributed by atoms with Crippen LogP contribution in [0, 0.1) is 0 Å². The van der Waals surface area contributed by atoms with Gasteiger partial charge in [0.25, 0.3) is 0 Å². The molecule has 0 spiro atoms. The van der Waals surface area contributed by atoms with Crippen molar-refractivity contribution in [3.8, 4) is 22.5 Å². The summed E-state index contributed by atoms with van der Waals surface area (Å²) in [5, 5.41) is 25.2. The van der Waals surface area contributed by atoms with Crippen LogP contribution < -0.4 is 10.5 Å². The number of H-pyrrole nitrogens is 1. The van der Waals surface area contributed by atoms with Crippen molar-refractivity contribution >= 4 is 48.5 Å². The second kappa shape index (κ2) is 8.99. The lowest BCUT2D eigenvalue weighted by Crippen LogP contribution is -2.51. The van der Waals surface area contributed by atoms with Gasteiger partial charge in [-0.05, 0) is 29.0 Å². The van der Waals surface area contributed by atoms with E-state index >= 15 is 0 Å². The number of pyridine rings is 1.